The second-order valence-corrected chi connectivity index (χ2v) is 7.51. The highest BCUT2D eigenvalue weighted by molar-refractivity contribution is 7.15. The molecule has 1 fully saturated rings. The average Bonchev–Trinajstić information content (AvgIpc) is 3.10. The van der Waals surface area contributed by atoms with E-state index in [1.165, 1.54) is 18.4 Å². The van der Waals surface area contributed by atoms with Gasteiger partial charge in [0.05, 0.1) is 24.4 Å². The van der Waals surface area contributed by atoms with Crippen molar-refractivity contribution in [1.29, 1.82) is 0 Å². The lowest BCUT2D eigenvalue weighted by atomic mass is 10.1. The van der Waals surface area contributed by atoms with Crippen LogP contribution >= 0.6 is 22.9 Å². The molecule has 0 bridgehead atoms. The van der Waals surface area contributed by atoms with E-state index >= 15 is 0 Å². The molecule has 1 aromatic heterocycles. The summed E-state index contributed by atoms with van der Waals surface area (Å²) in [5, 5.41) is 3.88. The first-order valence-corrected chi connectivity index (χ1v) is 8.97. The van der Waals surface area contributed by atoms with Crippen molar-refractivity contribution < 1.29 is 14.3 Å². The van der Waals surface area contributed by atoms with Crippen LogP contribution in [0.2, 0.25) is 5.02 Å². The SMILES string of the molecule is COc1ccc(Cl)cc1N1CC(C(=O)Nc2nc(C)c(C)s2)CC1=O. The van der Waals surface area contributed by atoms with Crippen molar-refractivity contribution in [2.75, 3.05) is 23.9 Å². The number of ether oxygens (including phenoxy) is 1. The number of methoxy groups -OCH3 is 1. The predicted molar refractivity (Wildman–Crippen MR) is 98.7 cm³/mol. The molecule has 2 heterocycles. The molecule has 1 aliphatic rings. The van der Waals surface area contributed by atoms with Crippen LogP contribution in [0.25, 0.3) is 0 Å². The summed E-state index contributed by atoms with van der Waals surface area (Å²) in [4.78, 5) is 31.8. The highest BCUT2D eigenvalue weighted by Gasteiger charge is 2.36. The van der Waals surface area contributed by atoms with Crippen LogP contribution in [0.1, 0.15) is 17.0 Å². The van der Waals surface area contributed by atoms with Gasteiger partial charge in [0, 0.05) is 22.9 Å². The summed E-state index contributed by atoms with van der Waals surface area (Å²) in [5.41, 5.74) is 1.48. The number of thiazole rings is 1. The normalized spacial score (nSPS) is 17.0. The van der Waals surface area contributed by atoms with Gasteiger partial charge in [-0.1, -0.05) is 11.6 Å². The summed E-state index contributed by atoms with van der Waals surface area (Å²) in [7, 11) is 1.53. The number of halogens is 1. The predicted octanol–water partition coefficient (Wildman–Crippen LogP) is 3.41. The number of aromatic nitrogens is 1. The lowest BCUT2D eigenvalue weighted by Crippen LogP contribution is -2.28. The number of hydrogen-bond donors (Lipinski definition) is 1. The first-order valence-electron chi connectivity index (χ1n) is 7.78. The monoisotopic (exact) mass is 379 g/mol. The maximum atomic E-state index is 12.5. The van der Waals surface area contributed by atoms with Gasteiger partial charge in [0.1, 0.15) is 5.75 Å². The Bertz CT molecular complexity index is 817. The summed E-state index contributed by atoms with van der Waals surface area (Å²) in [5.74, 6) is -0.233. The van der Waals surface area contributed by atoms with Crippen LogP contribution in [0.5, 0.6) is 5.75 Å². The molecule has 1 saturated heterocycles. The summed E-state index contributed by atoms with van der Waals surface area (Å²) in [6, 6.07) is 5.08. The number of carbonyl (C=O) groups excluding carboxylic acids is 2. The van der Waals surface area contributed by atoms with Crippen LogP contribution in [0, 0.1) is 19.8 Å². The molecular formula is C17H18ClN3O3S. The first kappa shape index (κ1) is 17.7. The molecule has 1 N–H and O–H groups in total. The number of nitrogens with one attached hydrogen (secondary N) is 1. The summed E-state index contributed by atoms with van der Waals surface area (Å²) >= 11 is 7.47. The van der Waals surface area contributed by atoms with Gasteiger partial charge in [-0.15, -0.1) is 11.3 Å². The van der Waals surface area contributed by atoms with Crippen molar-refractivity contribution in [3.05, 3.63) is 33.8 Å². The van der Waals surface area contributed by atoms with E-state index in [-0.39, 0.29) is 24.8 Å². The molecule has 0 aliphatic carbocycles. The van der Waals surface area contributed by atoms with E-state index in [4.69, 9.17) is 16.3 Å². The Balaban J connectivity index is 1.76. The summed E-state index contributed by atoms with van der Waals surface area (Å²) < 4.78 is 5.31. The Kier molecular flexibility index (Phi) is 4.96. The minimum Gasteiger partial charge on any atom is -0.495 e. The Morgan fingerprint density at radius 2 is 2.20 bits per heavy atom. The lowest BCUT2D eigenvalue weighted by Gasteiger charge is -2.19. The fourth-order valence-electron chi connectivity index (χ4n) is 2.72. The number of anilines is 2. The molecule has 0 saturated carbocycles. The smallest absolute Gasteiger partial charge is 0.231 e. The maximum Gasteiger partial charge on any atom is 0.231 e. The summed E-state index contributed by atoms with van der Waals surface area (Å²) in [6.07, 6.45) is 0.144. The van der Waals surface area contributed by atoms with Crippen molar-refractivity contribution >= 4 is 45.6 Å². The molecule has 25 heavy (non-hydrogen) atoms. The second-order valence-electron chi connectivity index (χ2n) is 5.87. The molecule has 3 rings (SSSR count). The number of amides is 2. The molecule has 0 radical (unpaired) electrons. The number of aryl methyl sites for hydroxylation is 2. The van der Waals surface area contributed by atoms with E-state index in [0.29, 0.717) is 21.6 Å². The third-order valence-electron chi connectivity index (χ3n) is 4.19. The minimum absolute atomic E-state index is 0.132. The van der Waals surface area contributed by atoms with E-state index < -0.39 is 5.92 Å². The van der Waals surface area contributed by atoms with Crippen molar-refractivity contribution in [1.82, 2.24) is 4.98 Å². The largest absolute Gasteiger partial charge is 0.495 e. The van der Waals surface area contributed by atoms with E-state index in [1.807, 2.05) is 13.8 Å². The van der Waals surface area contributed by atoms with Crippen molar-refractivity contribution in [3.63, 3.8) is 0 Å². The van der Waals surface area contributed by atoms with Crippen LogP contribution in [0.15, 0.2) is 18.2 Å². The zero-order valence-corrected chi connectivity index (χ0v) is 15.7. The van der Waals surface area contributed by atoms with Crippen molar-refractivity contribution in [2.45, 2.75) is 20.3 Å². The third-order valence-corrected chi connectivity index (χ3v) is 5.41. The van der Waals surface area contributed by atoms with E-state index in [0.717, 1.165) is 10.6 Å². The molecule has 6 nitrogen and oxygen atoms in total. The molecule has 132 valence electrons. The van der Waals surface area contributed by atoms with Gasteiger partial charge < -0.3 is 15.0 Å². The van der Waals surface area contributed by atoms with E-state index in [9.17, 15) is 9.59 Å². The van der Waals surface area contributed by atoms with Gasteiger partial charge in [-0.05, 0) is 32.0 Å². The Hall–Kier alpha value is -2.12. The summed E-state index contributed by atoms with van der Waals surface area (Å²) in [6.45, 7) is 4.13. The Morgan fingerprint density at radius 3 is 2.84 bits per heavy atom. The molecule has 1 aromatic carbocycles. The molecular weight excluding hydrogens is 362 g/mol. The van der Waals surface area contributed by atoms with Crippen LogP contribution < -0.4 is 15.0 Å². The Labute approximate surface area is 154 Å². The topological polar surface area (TPSA) is 71.5 Å². The molecule has 1 unspecified atom stereocenters. The van der Waals surface area contributed by atoms with Crippen molar-refractivity contribution in [3.8, 4) is 5.75 Å². The van der Waals surface area contributed by atoms with E-state index in [1.54, 1.807) is 23.1 Å². The maximum absolute atomic E-state index is 12.5. The van der Waals surface area contributed by atoms with Crippen LogP contribution in [0.3, 0.4) is 0 Å². The standard InChI is InChI=1S/C17H18ClN3O3S/c1-9-10(2)25-17(19-9)20-16(23)11-6-15(22)21(8-11)13-7-12(18)4-5-14(13)24-3/h4-5,7,11H,6,8H2,1-3H3,(H,19,20,23). The van der Waals surface area contributed by atoms with Gasteiger partial charge in [-0.2, -0.15) is 0 Å². The number of benzene rings is 1. The molecule has 1 aliphatic heterocycles. The number of hydrogen-bond acceptors (Lipinski definition) is 5. The molecule has 8 heteroatoms. The van der Waals surface area contributed by atoms with Crippen LogP contribution in [-0.4, -0.2) is 30.5 Å². The second kappa shape index (κ2) is 7.01. The molecule has 2 amide bonds. The average molecular weight is 380 g/mol. The molecule has 2 aromatic rings. The highest BCUT2D eigenvalue weighted by atomic mass is 35.5. The lowest BCUT2D eigenvalue weighted by molar-refractivity contribution is -0.122. The van der Waals surface area contributed by atoms with Gasteiger partial charge in [-0.25, -0.2) is 4.98 Å². The highest BCUT2D eigenvalue weighted by Crippen LogP contribution is 2.35. The molecule has 1 atom stereocenters. The zero-order valence-electron chi connectivity index (χ0n) is 14.1. The van der Waals surface area contributed by atoms with Crippen LogP contribution in [-0.2, 0) is 9.59 Å². The van der Waals surface area contributed by atoms with Crippen molar-refractivity contribution in [2.24, 2.45) is 5.92 Å². The van der Waals surface area contributed by atoms with E-state index in [2.05, 4.69) is 10.3 Å². The fourth-order valence-corrected chi connectivity index (χ4v) is 3.71. The minimum atomic E-state index is -0.444. The van der Waals surface area contributed by atoms with Crippen LogP contribution in [0.4, 0.5) is 10.8 Å². The number of rotatable bonds is 4. The Morgan fingerprint density at radius 1 is 1.44 bits per heavy atom. The van der Waals surface area contributed by atoms with Gasteiger partial charge >= 0.3 is 0 Å². The van der Waals surface area contributed by atoms with Gasteiger partial charge in [0.25, 0.3) is 0 Å². The first-order chi connectivity index (χ1) is 11.9. The number of carbonyl (C=O) groups is 2. The van der Waals surface area contributed by atoms with Gasteiger partial charge in [-0.3, -0.25) is 9.59 Å². The zero-order chi connectivity index (χ0) is 18.1. The number of nitrogens with zero attached hydrogens (tertiary/aromatic N) is 2. The fraction of sp³-hybridized carbons (Fsp3) is 0.353. The van der Waals surface area contributed by atoms with Gasteiger partial charge in [0.15, 0.2) is 5.13 Å². The van der Waals surface area contributed by atoms with Gasteiger partial charge in [0.2, 0.25) is 11.8 Å². The molecule has 0 spiro atoms. The quantitative estimate of drug-likeness (QED) is 0.883. The third kappa shape index (κ3) is 3.62.